The molecule has 0 aliphatic rings. The van der Waals surface area contributed by atoms with E-state index >= 15 is 0 Å². The van der Waals surface area contributed by atoms with Gasteiger partial charge in [0.1, 0.15) is 19.3 Å². The highest BCUT2D eigenvalue weighted by molar-refractivity contribution is 7.47. The molecule has 0 amide bonds. The fourth-order valence-corrected chi connectivity index (χ4v) is 13.5. The molecule has 0 saturated heterocycles. The van der Waals surface area contributed by atoms with Gasteiger partial charge < -0.3 is 33.8 Å². The van der Waals surface area contributed by atoms with Crippen LogP contribution in [0.25, 0.3) is 0 Å². The number of hydrogen-bond donors (Lipinski definition) is 3. The Morgan fingerprint density at radius 2 is 0.474 bits per heavy atom. The molecule has 0 aromatic rings. The summed E-state index contributed by atoms with van der Waals surface area (Å²) < 4.78 is 68.5. The predicted molar refractivity (Wildman–Crippen MR) is 395 cm³/mol. The fraction of sp³-hybridized carbons (Fsp3) is 0.949. The molecule has 0 spiro atoms. The summed E-state index contributed by atoms with van der Waals surface area (Å²) in [4.78, 5) is 72.8. The Labute approximate surface area is 594 Å². The fourth-order valence-electron chi connectivity index (χ4n) is 12.0. The van der Waals surface area contributed by atoms with Crippen molar-refractivity contribution >= 4 is 39.5 Å². The summed E-state index contributed by atoms with van der Waals surface area (Å²) in [5, 5.41) is 10.6. The molecule has 2 unspecified atom stereocenters. The van der Waals surface area contributed by atoms with Gasteiger partial charge in [0.15, 0.2) is 12.2 Å². The monoisotopic (exact) mass is 1420 g/mol. The Hall–Kier alpha value is -1.94. The molecule has 0 aliphatic carbocycles. The third-order valence-electron chi connectivity index (χ3n) is 18.1. The third-order valence-corrected chi connectivity index (χ3v) is 20.0. The maximum absolute atomic E-state index is 13.1. The number of phosphoric ester groups is 2. The molecule has 0 fully saturated rings. The van der Waals surface area contributed by atoms with E-state index in [2.05, 4.69) is 48.5 Å². The number of aliphatic hydroxyl groups excluding tert-OH is 1. The lowest BCUT2D eigenvalue weighted by molar-refractivity contribution is -0.161. The number of aliphatic hydroxyl groups is 1. The van der Waals surface area contributed by atoms with Crippen LogP contribution in [0.2, 0.25) is 0 Å². The van der Waals surface area contributed by atoms with E-state index in [1.165, 1.54) is 199 Å². The van der Waals surface area contributed by atoms with Crippen LogP contribution in [0, 0.1) is 17.8 Å². The van der Waals surface area contributed by atoms with Gasteiger partial charge in [0.2, 0.25) is 0 Å². The molecule has 0 radical (unpaired) electrons. The number of ether oxygens (including phenoxy) is 4. The molecule has 19 heteroatoms. The van der Waals surface area contributed by atoms with Gasteiger partial charge in [-0.05, 0) is 43.4 Å². The largest absolute Gasteiger partial charge is 0.472 e. The van der Waals surface area contributed by atoms with Crippen LogP contribution in [0.5, 0.6) is 0 Å². The number of carbonyl (C=O) groups excluding carboxylic acids is 4. The van der Waals surface area contributed by atoms with Crippen molar-refractivity contribution in [2.24, 2.45) is 17.8 Å². The lowest BCUT2D eigenvalue weighted by Crippen LogP contribution is -2.30. The van der Waals surface area contributed by atoms with Crippen molar-refractivity contribution in [2.45, 2.75) is 420 Å². The van der Waals surface area contributed by atoms with E-state index in [-0.39, 0.29) is 25.7 Å². The zero-order valence-corrected chi connectivity index (χ0v) is 65.3. The van der Waals surface area contributed by atoms with Crippen molar-refractivity contribution in [2.75, 3.05) is 39.6 Å². The van der Waals surface area contributed by atoms with Gasteiger partial charge in [0, 0.05) is 25.7 Å². The molecule has 0 aromatic heterocycles. The van der Waals surface area contributed by atoms with Crippen molar-refractivity contribution in [3.63, 3.8) is 0 Å². The van der Waals surface area contributed by atoms with Crippen molar-refractivity contribution in [1.29, 1.82) is 0 Å². The number of hydrogen-bond acceptors (Lipinski definition) is 15. The Bertz CT molecular complexity index is 1890. The van der Waals surface area contributed by atoms with Crippen LogP contribution in [-0.2, 0) is 65.4 Å². The minimum absolute atomic E-state index is 0.106. The zero-order valence-electron chi connectivity index (χ0n) is 63.5. The Morgan fingerprint density at radius 1 is 0.278 bits per heavy atom. The van der Waals surface area contributed by atoms with Crippen molar-refractivity contribution < 1.29 is 80.2 Å². The Morgan fingerprint density at radius 3 is 0.701 bits per heavy atom. The molecular weight excluding hydrogens is 1270 g/mol. The van der Waals surface area contributed by atoms with Crippen LogP contribution in [0.1, 0.15) is 402 Å². The normalized spacial score (nSPS) is 14.0. The summed E-state index contributed by atoms with van der Waals surface area (Å²) in [6.07, 6.45) is 55.6. The molecule has 576 valence electrons. The Kier molecular flexibility index (Phi) is 67.1. The number of esters is 4. The minimum atomic E-state index is -4.96. The molecule has 17 nitrogen and oxygen atoms in total. The van der Waals surface area contributed by atoms with E-state index in [0.29, 0.717) is 25.7 Å². The van der Waals surface area contributed by atoms with Crippen LogP contribution >= 0.6 is 15.6 Å². The molecular formula is C78H152O17P2. The lowest BCUT2D eigenvalue weighted by atomic mass is 10.0. The van der Waals surface area contributed by atoms with Crippen molar-refractivity contribution in [1.82, 2.24) is 0 Å². The second-order valence-corrected chi connectivity index (χ2v) is 32.4. The van der Waals surface area contributed by atoms with Crippen molar-refractivity contribution in [3.05, 3.63) is 0 Å². The number of unbranched alkanes of at least 4 members (excludes halogenated alkanes) is 44. The SMILES string of the molecule is CCCCCCCCCC(=O)OC[C@H](COP(=O)(O)OC[C@H](O)COP(=O)(O)OC[C@@H](COC(=O)CCCCCCCCCCCCCCCCC(C)C)OC(=O)CCCCCCCCCCCCCCCCCCC(C)C)OC(=O)CCCCCCCCCCCCCC(C)C. The molecule has 0 saturated carbocycles. The van der Waals surface area contributed by atoms with Crippen LogP contribution in [0.15, 0.2) is 0 Å². The highest BCUT2D eigenvalue weighted by Crippen LogP contribution is 2.45. The maximum atomic E-state index is 13.1. The molecule has 0 aliphatic heterocycles. The first-order valence-electron chi connectivity index (χ1n) is 40.3. The molecule has 0 aromatic carbocycles. The number of rotatable bonds is 76. The quantitative estimate of drug-likeness (QED) is 0.0222. The van der Waals surface area contributed by atoms with Gasteiger partial charge in [0.25, 0.3) is 0 Å². The van der Waals surface area contributed by atoms with E-state index < -0.39 is 97.5 Å². The summed E-state index contributed by atoms with van der Waals surface area (Å²) in [6.45, 7) is 11.9. The Balaban J connectivity index is 5.19. The lowest BCUT2D eigenvalue weighted by Gasteiger charge is -2.21. The van der Waals surface area contributed by atoms with Gasteiger partial charge in [-0.2, -0.15) is 0 Å². The topological polar surface area (TPSA) is 237 Å². The first-order valence-corrected chi connectivity index (χ1v) is 43.3. The average Bonchev–Trinajstić information content (AvgIpc) is 1.13. The van der Waals surface area contributed by atoms with Gasteiger partial charge >= 0.3 is 39.5 Å². The van der Waals surface area contributed by atoms with E-state index in [0.717, 1.165) is 120 Å². The molecule has 0 bridgehead atoms. The molecule has 0 heterocycles. The number of carbonyl (C=O) groups is 4. The molecule has 5 atom stereocenters. The van der Waals surface area contributed by atoms with Crippen LogP contribution < -0.4 is 0 Å². The predicted octanol–water partition coefficient (Wildman–Crippen LogP) is 23.0. The average molecular weight is 1420 g/mol. The smallest absolute Gasteiger partial charge is 0.462 e. The summed E-state index contributed by atoms with van der Waals surface area (Å²) in [5.74, 6) is 0.255. The summed E-state index contributed by atoms with van der Waals surface area (Å²) in [6, 6.07) is 0. The van der Waals surface area contributed by atoms with E-state index in [4.69, 9.17) is 37.0 Å². The highest BCUT2D eigenvalue weighted by atomic mass is 31.2. The van der Waals surface area contributed by atoms with Crippen LogP contribution in [0.4, 0.5) is 0 Å². The highest BCUT2D eigenvalue weighted by Gasteiger charge is 2.30. The third kappa shape index (κ3) is 72.2. The van der Waals surface area contributed by atoms with Gasteiger partial charge in [-0.15, -0.1) is 0 Å². The second-order valence-electron chi connectivity index (χ2n) is 29.5. The van der Waals surface area contributed by atoms with Crippen LogP contribution in [0.3, 0.4) is 0 Å². The van der Waals surface area contributed by atoms with E-state index in [1.54, 1.807) is 0 Å². The van der Waals surface area contributed by atoms with Gasteiger partial charge in [0.05, 0.1) is 26.4 Å². The van der Waals surface area contributed by atoms with Crippen molar-refractivity contribution in [3.8, 4) is 0 Å². The molecule has 97 heavy (non-hydrogen) atoms. The van der Waals surface area contributed by atoms with Gasteiger partial charge in [-0.1, -0.05) is 350 Å². The first kappa shape index (κ1) is 95.1. The molecule has 0 rings (SSSR count). The standard InChI is InChI=1S/C78H152O17P2/c1-8-9-10-11-35-45-52-59-75(80)88-65-73(94-78(83)62-55-48-41-34-28-22-25-31-38-44-51-58-71(6)7)67-92-96(84,85)90-63-72(79)64-91-97(86,87)93-68-74(66-89-76(81)60-53-46-39-32-26-20-17-16-19-24-30-37-43-50-57-70(4)5)95-77(82)61-54-47-40-33-27-21-15-13-12-14-18-23-29-36-42-49-56-69(2)3/h69-74,79H,8-68H2,1-7H3,(H,84,85)(H,86,87)/t72-,73+,74+/m0/s1. The first-order chi connectivity index (χ1) is 46.7. The second kappa shape index (κ2) is 68.5. The molecule has 3 N–H and O–H groups in total. The van der Waals surface area contributed by atoms with E-state index in [9.17, 15) is 43.2 Å². The summed E-state index contributed by atoms with van der Waals surface area (Å²) in [7, 11) is -9.91. The minimum Gasteiger partial charge on any atom is -0.462 e. The van der Waals surface area contributed by atoms with Gasteiger partial charge in [-0.3, -0.25) is 37.3 Å². The maximum Gasteiger partial charge on any atom is 0.472 e. The van der Waals surface area contributed by atoms with Gasteiger partial charge in [-0.25, -0.2) is 9.13 Å². The van der Waals surface area contributed by atoms with E-state index in [1.807, 2.05) is 0 Å². The number of phosphoric acid groups is 2. The summed E-state index contributed by atoms with van der Waals surface area (Å²) in [5.41, 5.74) is 0. The summed E-state index contributed by atoms with van der Waals surface area (Å²) >= 11 is 0. The van der Waals surface area contributed by atoms with Crippen LogP contribution in [-0.4, -0.2) is 96.7 Å². The zero-order chi connectivity index (χ0) is 71.6.